The molecule has 2 aromatic heterocycles. The van der Waals surface area contributed by atoms with Crippen molar-refractivity contribution in [2.45, 2.75) is 51.6 Å². The molecule has 3 N–H and O–H groups in total. The van der Waals surface area contributed by atoms with E-state index in [1.165, 1.54) is 5.56 Å². The highest BCUT2D eigenvalue weighted by atomic mass is 15.3. The number of nitrogens with zero attached hydrogens (tertiary/aromatic N) is 4. The first-order chi connectivity index (χ1) is 12.1. The van der Waals surface area contributed by atoms with Crippen molar-refractivity contribution in [1.29, 1.82) is 0 Å². The number of hydrogen-bond donors (Lipinski definition) is 2. The zero-order chi connectivity index (χ0) is 17.4. The van der Waals surface area contributed by atoms with E-state index < -0.39 is 0 Å². The number of nitrogens with one attached hydrogen (secondary N) is 1. The molecule has 2 heterocycles. The summed E-state index contributed by atoms with van der Waals surface area (Å²) in [5.41, 5.74) is 9.09. The molecule has 0 aliphatic heterocycles. The van der Waals surface area contributed by atoms with Crippen LogP contribution in [0.5, 0.6) is 0 Å². The Hall–Kier alpha value is -2.47. The number of hydrogen-bond acceptors (Lipinski definition) is 5. The van der Waals surface area contributed by atoms with Crippen molar-refractivity contribution in [3.63, 3.8) is 0 Å². The molecule has 0 unspecified atom stereocenters. The molecule has 0 bridgehead atoms. The average Bonchev–Trinajstić information content (AvgIpc) is 3.01. The van der Waals surface area contributed by atoms with Gasteiger partial charge >= 0.3 is 0 Å². The van der Waals surface area contributed by atoms with Crippen molar-refractivity contribution in [1.82, 2.24) is 19.7 Å². The molecule has 1 fully saturated rings. The second kappa shape index (κ2) is 6.44. The van der Waals surface area contributed by atoms with Crippen molar-refractivity contribution in [2.24, 2.45) is 5.73 Å². The van der Waals surface area contributed by atoms with E-state index in [9.17, 15) is 0 Å². The lowest BCUT2D eigenvalue weighted by Gasteiger charge is -2.27. The van der Waals surface area contributed by atoms with Gasteiger partial charge in [0.1, 0.15) is 11.6 Å². The second-order valence-corrected chi connectivity index (χ2v) is 7.00. The van der Waals surface area contributed by atoms with Gasteiger partial charge < -0.3 is 11.1 Å². The maximum atomic E-state index is 6.02. The van der Waals surface area contributed by atoms with Gasteiger partial charge in [-0.1, -0.05) is 17.7 Å². The Morgan fingerprint density at radius 1 is 1.04 bits per heavy atom. The van der Waals surface area contributed by atoms with E-state index >= 15 is 0 Å². The van der Waals surface area contributed by atoms with E-state index in [0.717, 1.165) is 54.0 Å². The van der Waals surface area contributed by atoms with Crippen LogP contribution in [0.3, 0.4) is 0 Å². The SMILES string of the molecule is Cc1ccc(-n2ncc3c(NC4CCC(N)CC4)nc(C)nc32)cc1. The van der Waals surface area contributed by atoms with Gasteiger partial charge in [-0.25, -0.2) is 14.6 Å². The van der Waals surface area contributed by atoms with Crippen LogP contribution in [0.2, 0.25) is 0 Å². The molecule has 1 saturated carbocycles. The van der Waals surface area contributed by atoms with Crippen molar-refractivity contribution in [3.8, 4) is 5.69 Å². The summed E-state index contributed by atoms with van der Waals surface area (Å²) >= 11 is 0. The highest BCUT2D eigenvalue weighted by Crippen LogP contribution is 2.26. The first-order valence-corrected chi connectivity index (χ1v) is 8.91. The molecule has 0 atom stereocenters. The van der Waals surface area contributed by atoms with E-state index in [0.29, 0.717) is 12.1 Å². The zero-order valence-corrected chi connectivity index (χ0v) is 14.7. The van der Waals surface area contributed by atoms with Crippen LogP contribution in [0.1, 0.15) is 37.1 Å². The molecule has 130 valence electrons. The maximum absolute atomic E-state index is 6.02. The second-order valence-electron chi connectivity index (χ2n) is 7.00. The summed E-state index contributed by atoms with van der Waals surface area (Å²) in [6.07, 6.45) is 6.14. The predicted octanol–water partition coefficient (Wildman–Crippen LogP) is 3.11. The van der Waals surface area contributed by atoms with Crippen molar-refractivity contribution in [2.75, 3.05) is 5.32 Å². The number of benzene rings is 1. The van der Waals surface area contributed by atoms with Crippen molar-refractivity contribution >= 4 is 16.9 Å². The molecular weight excluding hydrogens is 312 g/mol. The fraction of sp³-hybridized carbons (Fsp3) is 0.421. The number of rotatable bonds is 3. The first kappa shape index (κ1) is 16.0. The third kappa shape index (κ3) is 3.22. The van der Waals surface area contributed by atoms with Gasteiger partial charge in [0.25, 0.3) is 0 Å². The van der Waals surface area contributed by atoms with Gasteiger partial charge in [-0.05, 0) is 51.7 Å². The third-order valence-electron chi connectivity index (χ3n) is 4.93. The molecule has 6 heteroatoms. The minimum Gasteiger partial charge on any atom is -0.367 e. The van der Waals surface area contributed by atoms with Crippen LogP contribution in [-0.4, -0.2) is 31.8 Å². The number of anilines is 1. The summed E-state index contributed by atoms with van der Waals surface area (Å²) in [4.78, 5) is 9.26. The molecule has 1 aromatic carbocycles. The molecule has 1 aliphatic rings. The summed E-state index contributed by atoms with van der Waals surface area (Å²) in [6, 6.07) is 9.06. The standard InChI is InChI=1S/C19H24N6/c1-12-3-9-16(10-4-12)25-19-17(11-21-25)18(22-13(2)23-19)24-15-7-5-14(20)6-8-15/h3-4,9-11,14-15H,5-8,20H2,1-2H3,(H,22,23,24). The van der Waals surface area contributed by atoms with Gasteiger partial charge in [-0.2, -0.15) is 5.10 Å². The average molecular weight is 336 g/mol. The lowest BCUT2D eigenvalue weighted by Crippen LogP contribution is -2.33. The van der Waals surface area contributed by atoms with Crippen molar-refractivity contribution in [3.05, 3.63) is 41.9 Å². The van der Waals surface area contributed by atoms with Gasteiger partial charge in [0.05, 0.1) is 17.3 Å². The van der Waals surface area contributed by atoms with Crippen LogP contribution in [0.4, 0.5) is 5.82 Å². The van der Waals surface area contributed by atoms with Crippen LogP contribution >= 0.6 is 0 Å². The predicted molar refractivity (Wildman–Crippen MR) is 100.0 cm³/mol. The smallest absolute Gasteiger partial charge is 0.168 e. The lowest BCUT2D eigenvalue weighted by atomic mass is 9.92. The monoisotopic (exact) mass is 336 g/mol. The van der Waals surface area contributed by atoms with Crippen LogP contribution in [0.15, 0.2) is 30.5 Å². The normalized spacial score (nSPS) is 20.8. The van der Waals surface area contributed by atoms with Crippen LogP contribution in [0, 0.1) is 13.8 Å². The molecule has 4 rings (SSSR count). The largest absolute Gasteiger partial charge is 0.367 e. The van der Waals surface area contributed by atoms with Gasteiger partial charge in [0.2, 0.25) is 0 Å². The lowest BCUT2D eigenvalue weighted by molar-refractivity contribution is 0.410. The minimum absolute atomic E-state index is 0.342. The molecule has 0 radical (unpaired) electrons. The highest BCUT2D eigenvalue weighted by molar-refractivity contribution is 5.87. The fourth-order valence-corrected chi connectivity index (χ4v) is 3.46. The quantitative estimate of drug-likeness (QED) is 0.768. The molecule has 25 heavy (non-hydrogen) atoms. The number of nitrogens with two attached hydrogens (primary N) is 1. The number of aromatic nitrogens is 4. The van der Waals surface area contributed by atoms with E-state index in [1.807, 2.05) is 17.8 Å². The fourth-order valence-electron chi connectivity index (χ4n) is 3.46. The summed E-state index contributed by atoms with van der Waals surface area (Å²) < 4.78 is 1.88. The summed E-state index contributed by atoms with van der Waals surface area (Å²) in [6.45, 7) is 4.00. The number of fused-ring (bicyclic) bond motifs is 1. The topological polar surface area (TPSA) is 81.7 Å². The highest BCUT2D eigenvalue weighted by Gasteiger charge is 2.20. The molecule has 0 amide bonds. The van der Waals surface area contributed by atoms with Crippen LogP contribution in [0.25, 0.3) is 16.7 Å². The Labute approximate surface area is 147 Å². The Bertz CT molecular complexity index is 875. The van der Waals surface area contributed by atoms with Gasteiger partial charge in [-0.3, -0.25) is 0 Å². The first-order valence-electron chi connectivity index (χ1n) is 8.91. The minimum atomic E-state index is 0.342. The number of aryl methyl sites for hydroxylation is 2. The van der Waals surface area contributed by atoms with E-state index in [-0.39, 0.29) is 0 Å². The van der Waals surface area contributed by atoms with Gasteiger partial charge in [-0.15, -0.1) is 0 Å². The molecule has 6 nitrogen and oxygen atoms in total. The molecule has 3 aromatic rings. The third-order valence-corrected chi connectivity index (χ3v) is 4.93. The Morgan fingerprint density at radius 3 is 2.48 bits per heavy atom. The molecular formula is C19H24N6. The Kier molecular flexibility index (Phi) is 4.13. The van der Waals surface area contributed by atoms with Gasteiger partial charge in [0.15, 0.2) is 5.65 Å². The molecule has 1 aliphatic carbocycles. The van der Waals surface area contributed by atoms with E-state index in [1.54, 1.807) is 0 Å². The zero-order valence-electron chi connectivity index (χ0n) is 14.7. The molecule has 0 spiro atoms. The van der Waals surface area contributed by atoms with E-state index in [4.69, 9.17) is 5.73 Å². The Balaban J connectivity index is 1.70. The van der Waals surface area contributed by atoms with E-state index in [2.05, 4.69) is 51.6 Å². The van der Waals surface area contributed by atoms with Gasteiger partial charge in [0, 0.05) is 12.1 Å². The van der Waals surface area contributed by atoms with Crippen molar-refractivity contribution < 1.29 is 0 Å². The molecule has 0 saturated heterocycles. The van der Waals surface area contributed by atoms with Crippen LogP contribution < -0.4 is 11.1 Å². The maximum Gasteiger partial charge on any atom is 0.168 e. The van der Waals surface area contributed by atoms with Crippen LogP contribution in [-0.2, 0) is 0 Å². The Morgan fingerprint density at radius 2 is 1.76 bits per heavy atom. The summed E-state index contributed by atoms with van der Waals surface area (Å²) in [7, 11) is 0. The summed E-state index contributed by atoms with van der Waals surface area (Å²) in [5, 5.41) is 9.11. The summed E-state index contributed by atoms with van der Waals surface area (Å²) in [5.74, 6) is 1.62.